The van der Waals surface area contributed by atoms with Crippen molar-refractivity contribution in [3.05, 3.63) is 0 Å². The van der Waals surface area contributed by atoms with Crippen LogP contribution in [-0.2, 0) is 29.9 Å². The molecule has 0 radical (unpaired) electrons. The fraction of sp³-hybridized carbons (Fsp3) is 1.00. The third kappa shape index (κ3) is 15.6. The van der Waals surface area contributed by atoms with Crippen molar-refractivity contribution in [2.75, 3.05) is 26.4 Å². The van der Waals surface area contributed by atoms with E-state index >= 15 is 0 Å². The molecule has 0 unspecified atom stereocenters. The average Bonchev–Trinajstić information content (AvgIpc) is 2.05. The lowest BCUT2D eigenvalue weighted by Gasteiger charge is -2.25. The number of nitrogens with two attached hydrogens (primary N) is 4. The molecule has 0 aromatic heterocycles. The highest BCUT2D eigenvalue weighted by atomic mass is 32.2. The van der Waals surface area contributed by atoms with E-state index in [1.54, 1.807) is 0 Å². The quantitative estimate of drug-likeness (QED) is 0.338. The molecule has 2 aliphatic heterocycles. The molecule has 11 nitrogen and oxygen atoms in total. The van der Waals surface area contributed by atoms with Gasteiger partial charge in [-0.05, 0) is 0 Å². The summed E-state index contributed by atoms with van der Waals surface area (Å²) in [6.45, 7) is 2.38. The second-order valence-electron chi connectivity index (χ2n) is 3.78. The maximum atomic E-state index is 10.2. The number of nitrogens with one attached hydrogen (secondary N) is 1. The van der Waals surface area contributed by atoms with Gasteiger partial charge in [0.1, 0.15) is 0 Å². The summed E-state index contributed by atoms with van der Waals surface area (Å²) in [5, 5.41) is 12.9. The Morgan fingerprint density at radius 3 is 1.26 bits per heavy atom. The fourth-order valence-electron chi connectivity index (χ4n) is 0.790. The van der Waals surface area contributed by atoms with Crippen LogP contribution in [0, 0.1) is 0 Å². The Balaban J connectivity index is 0.000000278. The van der Waals surface area contributed by atoms with Crippen LogP contribution in [0.4, 0.5) is 0 Å². The molecule has 0 aliphatic carbocycles. The van der Waals surface area contributed by atoms with E-state index in [9.17, 15) is 16.8 Å². The number of hydrogen-bond acceptors (Lipinski definition) is 7. The molecule has 0 amide bonds. The Morgan fingerprint density at radius 2 is 1.21 bits per heavy atom. The van der Waals surface area contributed by atoms with Gasteiger partial charge in [0.15, 0.2) is 0 Å². The molecule has 0 spiro atoms. The van der Waals surface area contributed by atoms with E-state index < -0.39 is 20.4 Å². The van der Waals surface area contributed by atoms with Crippen molar-refractivity contribution in [3.8, 4) is 0 Å². The van der Waals surface area contributed by atoms with Crippen molar-refractivity contribution in [1.29, 1.82) is 0 Å². The Hall–Kier alpha value is -0.380. The Labute approximate surface area is 111 Å². The molecule has 2 rings (SSSR count). The summed E-state index contributed by atoms with van der Waals surface area (Å²) in [5.41, 5.74) is 5.25. The molecule has 2 aliphatic rings. The molecule has 13 heteroatoms. The molecular formula is C6H19N5O6S2. The Kier molecular flexibility index (Phi) is 7.87. The minimum atomic E-state index is -3.67. The summed E-state index contributed by atoms with van der Waals surface area (Å²) in [7, 11) is -7.18. The lowest BCUT2D eigenvalue weighted by atomic mass is 10.3. The van der Waals surface area contributed by atoms with Crippen LogP contribution in [0.15, 0.2) is 0 Å². The first kappa shape index (κ1) is 18.6. The van der Waals surface area contributed by atoms with E-state index in [0.29, 0.717) is 19.3 Å². The third-order valence-electron chi connectivity index (χ3n) is 1.63. The maximum absolute atomic E-state index is 10.2. The molecule has 0 saturated carbocycles. The predicted molar refractivity (Wildman–Crippen MR) is 66.9 cm³/mol. The summed E-state index contributed by atoms with van der Waals surface area (Å²) in [4.78, 5) is 0. The van der Waals surface area contributed by atoms with Crippen LogP contribution in [0.5, 0.6) is 0 Å². The molecule has 0 aromatic rings. The van der Waals surface area contributed by atoms with Crippen LogP contribution < -0.4 is 25.9 Å². The van der Waals surface area contributed by atoms with Gasteiger partial charge in [-0.1, -0.05) is 0 Å². The summed E-state index contributed by atoms with van der Waals surface area (Å²) in [5.74, 6) is 0. The van der Waals surface area contributed by atoms with Gasteiger partial charge in [-0.25, -0.2) is 15.4 Å². The number of hydrogen-bond donors (Lipinski definition) is 5. The van der Waals surface area contributed by atoms with Crippen LogP contribution in [0.2, 0.25) is 0 Å². The SMILES string of the molecule is NC1COC1.NS(=O)(=O)NC1COC1.NS(N)(=O)=O. The molecule has 116 valence electrons. The second-order valence-corrected chi connectivity index (χ2v) is 6.29. The van der Waals surface area contributed by atoms with Crippen LogP contribution in [-0.4, -0.2) is 55.3 Å². The highest BCUT2D eigenvalue weighted by Gasteiger charge is 2.21. The predicted octanol–water partition coefficient (Wildman–Crippen LogP) is -4.33. The molecule has 9 N–H and O–H groups in total. The average molecular weight is 321 g/mol. The zero-order valence-electron chi connectivity index (χ0n) is 10.1. The highest BCUT2D eigenvalue weighted by molar-refractivity contribution is 7.87. The van der Waals surface area contributed by atoms with E-state index in [1.165, 1.54) is 0 Å². The lowest BCUT2D eigenvalue weighted by Crippen LogP contribution is -2.50. The van der Waals surface area contributed by atoms with Gasteiger partial charge in [0.05, 0.1) is 38.5 Å². The van der Waals surface area contributed by atoms with Crippen molar-refractivity contribution >= 4 is 20.4 Å². The molecule has 0 aromatic carbocycles. The maximum Gasteiger partial charge on any atom is 0.274 e. The third-order valence-corrected chi connectivity index (χ3v) is 2.29. The van der Waals surface area contributed by atoms with Gasteiger partial charge in [0, 0.05) is 0 Å². The minimum absolute atomic E-state index is 0.111. The van der Waals surface area contributed by atoms with Gasteiger partial charge in [0.2, 0.25) is 0 Å². The molecule has 2 heterocycles. The van der Waals surface area contributed by atoms with Crippen LogP contribution in [0.1, 0.15) is 0 Å². The normalized spacial score (nSPS) is 20.0. The van der Waals surface area contributed by atoms with E-state index in [1.807, 2.05) is 0 Å². The first-order valence-electron chi connectivity index (χ1n) is 4.99. The zero-order chi connectivity index (χ0) is 15.1. The number of rotatable bonds is 2. The number of ether oxygens (including phenoxy) is 2. The topological polar surface area (TPSA) is 203 Å². The first-order chi connectivity index (χ1) is 8.47. The van der Waals surface area contributed by atoms with Gasteiger partial charge in [-0.3, -0.25) is 0 Å². The van der Waals surface area contributed by atoms with Crippen LogP contribution >= 0.6 is 0 Å². The molecule has 2 saturated heterocycles. The smallest absolute Gasteiger partial charge is 0.274 e. The van der Waals surface area contributed by atoms with Gasteiger partial charge in [-0.2, -0.15) is 21.6 Å². The molecule has 2 fully saturated rings. The molecular weight excluding hydrogens is 302 g/mol. The van der Waals surface area contributed by atoms with Gasteiger partial charge >= 0.3 is 0 Å². The molecule has 0 bridgehead atoms. The van der Waals surface area contributed by atoms with Crippen molar-refractivity contribution in [2.45, 2.75) is 12.1 Å². The monoisotopic (exact) mass is 321 g/mol. The van der Waals surface area contributed by atoms with Gasteiger partial charge in [0.25, 0.3) is 20.4 Å². The van der Waals surface area contributed by atoms with Crippen molar-refractivity contribution in [2.24, 2.45) is 21.2 Å². The van der Waals surface area contributed by atoms with E-state index in [0.717, 1.165) is 13.2 Å². The summed E-state index contributed by atoms with van der Waals surface area (Å²) >= 11 is 0. The second kappa shape index (κ2) is 8.03. The van der Waals surface area contributed by atoms with Gasteiger partial charge < -0.3 is 15.2 Å². The summed E-state index contributed by atoms with van der Waals surface area (Å²) < 4.78 is 50.5. The zero-order valence-corrected chi connectivity index (χ0v) is 11.7. The summed E-state index contributed by atoms with van der Waals surface area (Å²) in [6, 6.07) is 0.231. The van der Waals surface area contributed by atoms with Crippen molar-refractivity contribution < 1.29 is 26.3 Å². The van der Waals surface area contributed by atoms with E-state index in [-0.39, 0.29) is 6.04 Å². The van der Waals surface area contributed by atoms with Crippen LogP contribution in [0.25, 0.3) is 0 Å². The summed E-state index contributed by atoms with van der Waals surface area (Å²) in [6.07, 6.45) is 0. The Morgan fingerprint density at radius 1 is 0.895 bits per heavy atom. The minimum Gasteiger partial charge on any atom is -0.378 e. The van der Waals surface area contributed by atoms with E-state index in [2.05, 4.69) is 20.1 Å². The van der Waals surface area contributed by atoms with E-state index in [4.69, 9.17) is 15.2 Å². The van der Waals surface area contributed by atoms with Crippen molar-refractivity contribution in [1.82, 2.24) is 4.72 Å². The lowest BCUT2D eigenvalue weighted by molar-refractivity contribution is 0.00482. The largest absolute Gasteiger partial charge is 0.378 e. The Bertz CT molecular complexity index is 435. The van der Waals surface area contributed by atoms with Crippen molar-refractivity contribution in [3.63, 3.8) is 0 Å². The first-order valence-corrected chi connectivity index (χ1v) is 8.14. The highest BCUT2D eigenvalue weighted by Crippen LogP contribution is 1.99. The molecule has 0 atom stereocenters. The van der Waals surface area contributed by atoms with Gasteiger partial charge in [-0.15, -0.1) is 0 Å². The fourth-order valence-corrected chi connectivity index (χ4v) is 1.39. The molecule has 19 heavy (non-hydrogen) atoms. The standard InChI is InChI=1S/C3H8N2O3S.C3H7NO.H4N2O2S/c4-9(6,7)5-3-1-8-2-3;4-3-1-5-2-3;1-5(2,3)4/h3,5H,1-2H2,(H2,4,6,7);3H,1-2,4H2;(H4,1,2,3,4). The van der Waals surface area contributed by atoms with Crippen LogP contribution in [0.3, 0.4) is 0 Å².